The summed E-state index contributed by atoms with van der Waals surface area (Å²) in [4.78, 5) is 9.32. The van der Waals surface area contributed by atoms with E-state index in [4.69, 9.17) is 9.40 Å². The average Bonchev–Trinajstić information content (AvgIpc) is 3.21. The molecule has 0 aliphatic carbocycles. The molecule has 0 fully saturated rings. The zero-order chi connectivity index (χ0) is 23.2. The van der Waals surface area contributed by atoms with E-state index in [0.717, 1.165) is 45.7 Å². The van der Waals surface area contributed by atoms with Crippen LogP contribution in [-0.4, -0.2) is 9.97 Å². The van der Waals surface area contributed by atoms with Gasteiger partial charge >= 0.3 is 0 Å². The highest BCUT2D eigenvalue weighted by molar-refractivity contribution is 5.91. The minimum Gasteiger partial charge on any atom is -0.456 e. The van der Waals surface area contributed by atoms with E-state index in [-0.39, 0.29) is 5.41 Å². The van der Waals surface area contributed by atoms with Crippen molar-refractivity contribution in [2.45, 2.75) is 46.5 Å². The van der Waals surface area contributed by atoms with Crippen molar-refractivity contribution >= 4 is 21.7 Å². The lowest BCUT2D eigenvalue weighted by molar-refractivity contribution is 0.596. The molecule has 3 aromatic heterocycles. The number of pyridine rings is 2. The number of aromatic nitrogens is 2. The van der Waals surface area contributed by atoms with E-state index in [1.165, 1.54) is 16.3 Å². The van der Waals surface area contributed by atoms with E-state index >= 15 is 0 Å². The summed E-state index contributed by atoms with van der Waals surface area (Å²) in [6.45, 7) is 11.2. The Labute approximate surface area is 195 Å². The number of benzene rings is 2. The van der Waals surface area contributed by atoms with Gasteiger partial charge in [-0.1, -0.05) is 58.9 Å². The maximum atomic E-state index is 6.25. The first-order valence-corrected chi connectivity index (χ1v) is 11.7. The molecule has 0 aliphatic rings. The van der Waals surface area contributed by atoms with Crippen LogP contribution in [0, 0.1) is 5.92 Å². The van der Waals surface area contributed by atoms with Crippen molar-refractivity contribution in [3.05, 3.63) is 84.3 Å². The number of nitrogens with zero attached hydrogens (tertiary/aromatic N) is 2. The van der Waals surface area contributed by atoms with Gasteiger partial charge in [0.1, 0.15) is 11.3 Å². The fourth-order valence-electron chi connectivity index (χ4n) is 4.47. The summed E-state index contributed by atoms with van der Waals surface area (Å²) in [5.41, 5.74) is 6.41. The third-order valence-electron chi connectivity index (χ3n) is 6.09. The van der Waals surface area contributed by atoms with Gasteiger partial charge < -0.3 is 4.42 Å². The molecule has 3 heteroatoms. The summed E-state index contributed by atoms with van der Waals surface area (Å²) >= 11 is 0. The molecule has 0 radical (unpaired) electrons. The zero-order valence-electron chi connectivity index (χ0n) is 20.0. The Kier molecular flexibility index (Phi) is 5.28. The first-order valence-electron chi connectivity index (χ1n) is 11.7. The van der Waals surface area contributed by atoms with Crippen LogP contribution in [0.15, 0.2) is 77.5 Å². The molecule has 2 aromatic carbocycles. The van der Waals surface area contributed by atoms with Gasteiger partial charge in [-0.15, -0.1) is 0 Å². The van der Waals surface area contributed by atoms with Crippen LogP contribution in [0.2, 0.25) is 0 Å². The van der Waals surface area contributed by atoms with Gasteiger partial charge in [-0.3, -0.25) is 9.97 Å². The summed E-state index contributed by atoms with van der Waals surface area (Å²) in [5, 5.41) is 3.56. The topological polar surface area (TPSA) is 38.9 Å². The number of hydrogen-bond acceptors (Lipinski definition) is 3. The SMILES string of the molecule is CC(C)Cc1cc2oc(-c3ccnc(-c4cc(C(C)(C)C)c5ccccc5c4)c3)cc2cn1. The molecule has 0 bridgehead atoms. The molecule has 0 saturated carbocycles. The van der Waals surface area contributed by atoms with Crippen LogP contribution < -0.4 is 0 Å². The molecule has 0 spiro atoms. The summed E-state index contributed by atoms with van der Waals surface area (Å²) < 4.78 is 6.25. The van der Waals surface area contributed by atoms with Gasteiger partial charge in [0, 0.05) is 40.7 Å². The van der Waals surface area contributed by atoms with Crippen molar-refractivity contribution in [1.82, 2.24) is 9.97 Å². The van der Waals surface area contributed by atoms with Crippen molar-refractivity contribution in [1.29, 1.82) is 0 Å². The average molecular weight is 435 g/mol. The maximum Gasteiger partial charge on any atom is 0.138 e. The van der Waals surface area contributed by atoms with Crippen molar-refractivity contribution in [2.24, 2.45) is 5.92 Å². The second-order valence-corrected chi connectivity index (χ2v) is 10.3. The molecule has 33 heavy (non-hydrogen) atoms. The smallest absolute Gasteiger partial charge is 0.138 e. The van der Waals surface area contributed by atoms with E-state index in [1.807, 2.05) is 18.5 Å². The second kappa shape index (κ2) is 8.15. The second-order valence-electron chi connectivity index (χ2n) is 10.3. The summed E-state index contributed by atoms with van der Waals surface area (Å²) in [6, 6.07) is 21.4. The number of furan rings is 1. The molecule has 0 atom stereocenters. The van der Waals surface area contributed by atoms with Crippen LogP contribution in [0.4, 0.5) is 0 Å². The Balaban J connectivity index is 1.58. The van der Waals surface area contributed by atoms with Crippen molar-refractivity contribution in [3.8, 4) is 22.6 Å². The molecule has 166 valence electrons. The van der Waals surface area contributed by atoms with Crippen LogP contribution in [0.3, 0.4) is 0 Å². The molecular weight excluding hydrogens is 404 g/mol. The van der Waals surface area contributed by atoms with Crippen LogP contribution >= 0.6 is 0 Å². The molecule has 3 heterocycles. The largest absolute Gasteiger partial charge is 0.456 e. The molecule has 0 unspecified atom stereocenters. The van der Waals surface area contributed by atoms with Gasteiger partial charge in [-0.05, 0) is 64.4 Å². The van der Waals surface area contributed by atoms with Gasteiger partial charge in [0.2, 0.25) is 0 Å². The monoisotopic (exact) mass is 434 g/mol. The van der Waals surface area contributed by atoms with Gasteiger partial charge in [0.25, 0.3) is 0 Å². The van der Waals surface area contributed by atoms with E-state index in [2.05, 4.69) is 94.2 Å². The predicted molar refractivity (Wildman–Crippen MR) is 137 cm³/mol. The molecule has 0 N–H and O–H groups in total. The third kappa shape index (κ3) is 4.28. The zero-order valence-corrected chi connectivity index (χ0v) is 20.0. The number of hydrogen-bond donors (Lipinski definition) is 0. The first-order chi connectivity index (χ1) is 15.8. The van der Waals surface area contributed by atoms with Crippen molar-refractivity contribution < 1.29 is 4.42 Å². The molecule has 0 aliphatic heterocycles. The lowest BCUT2D eigenvalue weighted by Crippen LogP contribution is -2.12. The highest BCUT2D eigenvalue weighted by Gasteiger charge is 2.19. The Morgan fingerprint density at radius 2 is 1.67 bits per heavy atom. The predicted octanol–water partition coefficient (Wildman–Crippen LogP) is 8.21. The molecule has 5 aromatic rings. The fraction of sp³-hybridized carbons (Fsp3) is 0.267. The van der Waals surface area contributed by atoms with Crippen molar-refractivity contribution in [3.63, 3.8) is 0 Å². The highest BCUT2D eigenvalue weighted by Crippen LogP contribution is 2.36. The normalized spacial score (nSPS) is 12.2. The molecule has 3 nitrogen and oxygen atoms in total. The molecule has 5 rings (SSSR count). The maximum absolute atomic E-state index is 6.25. The van der Waals surface area contributed by atoms with Gasteiger partial charge in [-0.25, -0.2) is 0 Å². The summed E-state index contributed by atoms with van der Waals surface area (Å²) in [5.74, 6) is 1.40. The van der Waals surface area contributed by atoms with Gasteiger partial charge in [-0.2, -0.15) is 0 Å². The minimum absolute atomic E-state index is 0.0344. The lowest BCUT2D eigenvalue weighted by Gasteiger charge is -2.22. The van der Waals surface area contributed by atoms with E-state index in [9.17, 15) is 0 Å². The Morgan fingerprint density at radius 1 is 0.848 bits per heavy atom. The van der Waals surface area contributed by atoms with Crippen molar-refractivity contribution in [2.75, 3.05) is 0 Å². The number of rotatable bonds is 4. The van der Waals surface area contributed by atoms with Crippen LogP contribution in [0.1, 0.15) is 45.9 Å². The van der Waals surface area contributed by atoms with Crippen LogP contribution in [-0.2, 0) is 11.8 Å². The van der Waals surface area contributed by atoms with E-state index < -0.39 is 0 Å². The molecule has 0 saturated heterocycles. The van der Waals surface area contributed by atoms with Crippen LogP contribution in [0.25, 0.3) is 44.3 Å². The summed E-state index contributed by atoms with van der Waals surface area (Å²) in [7, 11) is 0. The highest BCUT2D eigenvalue weighted by atomic mass is 16.3. The quantitative estimate of drug-likeness (QED) is 0.286. The Bertz CT molecular complexity index is 1450. The van der Waals surface area contributed by atoms with Crippen LogP contribution in [0.5, 0.6) is 0 Å². The molecular formula is C30H30N2O. The van der Waals surface area contributed by atoms with E-state index in [0.29, 0.717) is 5.92 Å². The first kappa shape index (κ1) is 21.4. The number of fused-ring (bicyclic) bond motifs is 2. The Morgan fingerprint density at radius 3 is 2.45 bits per heavy atom. The van der Waals surface area contributed by atoms with Gasteiger partial charge in [0.15, 0.2) is 0 Å². The fourth-order valence-corrected chi connectivity index (χ4v) is 4.47. The lowest BCUT2D eigenvalue weighted by atomic mass is 9.82. The van der Waals surface area contributed by atoms with E-state index in [1.54, 1.807) is 0 Å². The Hall–Kier alpha value is -3.46. The standard InChI is InChI=1S/C30H30N2O/c1-19(2)12-24-17-29-23(18-32-24)16-28(33-29)21-10-11-31-27(15-21)22-13-20-8-6-7-9-25(20)26(14-22)30(3,4)5/h6-11,13-19H,12H2,1-5H3. The summed E-state index contributed by atoms with van der Waals surface area (Å²) in [6.07, 6.45) is 4.73. The minimum atomic E-state index is 0.0344. The van der Waals surface area contributed by atoms with Gasteiger partial charge in [0.05, 0.1) is 5.69 Å². The molecule has 0 amide bonds. The third-order valence-corrected chi connectivity index (χ3v) is 6.09.